The minimum Gasteiger partial charge on any atom is -0.337 e. The molecule has 1 heterocycles. The summed E-state index contributed by atoms with van der Waals surface area (Å²) >= 11 is 1.94. The summed E-state index contributed by atoms with van der Waals surface area (Å²) in [4.78, 5) is 17.3. The first-order valence-corrected chi connectivity index (χ1v) is 10.2. The molecule has 0 aromatic heterocycles. The number of likely N-dealkylation sites (N-methyl/N-ethyl adjacent to an activating group) is 1. The molecule has 0 spiro atoms. The SMILES string of the molecule is CCN(CC)CCN(Cc1ccccc1)C(=O)CC1CSCCN1. The highest BCUT2D eigenvalue weighted by Crippen LogP contribution is 2.13. The van der Waals surface area contributed by atoms with Crippen molar-refractivity contribution in [2.24, 2.45) is 0 Å². The third-order valence-corrected chi connectivity index (χ3v) is 5.70. The summed E-state index contributed by atoms with van der Waals surface area (Å²) in [7, 11) is 0. The second kappa shape index (κ2) is 10.7. The van der Waals surface area contributed by atoms with E-state index in [-0.39, 0.29) is 5.91 Å². The highest BCUT2D eigenvalue weighted by molar-refractivity contribution is 7.99. The van der Waals surface area contributed by atoms with Crippen LogP contribution in [0.15, 0.2) is 30.3 Å². The van der Waals surface area contributed by atoms with Gasteiger partial charge in [-0.3, -0.25) is 4.79 Å². The Morgan fingerprint density at radius 2 is 1.96 bits per heavy atom. The number of hydrogen-bond donors (Lipinski definition) is 1. The maximum atomic E-state index is 12.9. The van der Waals surface area contributed by atoms with Crippen LogP contribution < -0.4 is 5.32 Å². The van der Waals surface area contributed by atoms with Crippen molar-refractivity contribution in [2.75, 3.05) is 44.2 Å². The predicted molar refractivity (Wildman–Crippen MR) is 103 cm³/mol. The van der Waals surface area contributed by atoms with Crippen LogP contribution in [-0.4, -0.2) is 66.0 Å². The van der Waals surface area contributed by atoms with Gasteiger partial charge in [0.25, 0.3) is 0 Å². The summed E-state index contributed by atoms with van der Waals surface area (Å²) in [5.74, 6) is 2.47. The molecular formula is C19H31N3OS. The summed E-state index contributed by atoms with van der Waals surface area (Å²) in [6, 6.07) is 10.6. The molecule has 0 bridgehead atoms. The molecule has 1 fully saturated rings. The molecular weight excluding hydrogens is 318 g/mol. The topological polar surface area (TPSA) is 35.6 Å². The quantitative estimate of drug-likeness (QED) is 0.743. The molecule has 5 heteroatoms. The van der Waals surface area contributed by atoms with E-state index < -0.39 is 0 Å². The largest absolute Gasteiger partial charge is 0.337 e. The van der Waals surface area contributed by atoms with Crippen LogP contribution in [0.2, 0.25) is 0 Å². The first-order valence-electron chi connectivity index (χ1n) is 9.08. The number of hydrogen-bond acceptors (Lipinski definition) is 4. The summed E-state index contributed by atoms with van der Waals surface area (Å²) in [5.41, 5.74) is 1.20. The molecule has 0 aliphatic carbocycles. The van der Waals surface area contributed by atoms with Crippen LogP contribution in [0.4, 0.5) is 0 Å². The fraction of sp³-hybridized carbons (Fsp3) is 0.632. The molecule has 1 aromatic rings. The Morgan fingerprint density at radius 3 is 2.58 bits per heavy atom. The van der Waals surface area contributed by atoms with E-state index in [0.29, 0.717) is 19.0 Å². The van der Waals surface area contributed by atoms with Crippen molar-refractivity contribution in [3.8, 4) is 0 Å². The van der Waals surface area contributed by atoms with E-state index in [9.17, 15) is 4.79 Å². The number of benzene rings is 1. The molecule has 4 nitrogen and oxygen atoms in total. The van der Waals surface area contributed by atoms with Gasteiger partial charge >= 0.3 is 0 Å². The van der Waals surface area contributed by atoms with Crippen LogP contribution in [-0.2, 0) is 11.3 Å². The average molecular weight is 350 g/mol. The Bertz CT molecular complexity index is 473. The first-order chi connectivity index (χ1) is 11.7. The summed E-state index contributed by atoms with van der Waals surface area (Å²) in [6.45, 7) is 9.89. The zero-order valence-corrected chi connectivity index (χ0v) is 15.9. The highest BCUT2D eigenvalue weighted by atomic mass is 32.2. The third-order valence-electron chi connectivity index (χ3n) is 4.57. The van der Waals surface area contributed by atoms with E-state index in [1.165, 1.54) is 5.56 Å². The van der Waals surface area contributed by atoms with Gasteiger partial charge in [0.1, 0.15) is 0 Å². The van der Waals surface area contributed by atoms with Crippen LogP contribution in [0.1, 0.15) is 25.8 Å². The van der Waals surface area contributed by atoms with Gasteiger partial charge in [-0.05, 0) is 18.7 Å². The monoisotopic (exact) mass is 349 g/mol. The maximum absolute atomic E-state index is 12.9. The van der Waals surface area contributed by atoms with Gasteiger partial charge in [-0.15, -0.1) is 0 Å². The van der Waals surface area contributed by atoms with Crippen molar-refractivity contribution in [1.82, 2.24) is 15.1 Å². The minimum absolute atomic E-state index is 0.269. The van der Waals surface area contributed by atoms with E-state index >= 15 is 0 Å². The Morgan fingerprint density at radius 1 is 1.21 bits per heavy atom. The van der Waals surface area contributed by atoms with Crippen LogP contribution in [0.25, 0.3) is 0 Å². The van der Waals surface area contributed by atoms with Crippen molar-refractivity contribution >= 4 is 17.7 Å². The lowest BCUT2D eigenvalue weighted by Gasteiger charge is -2.29. The summed E-state index contributed by atoms with van der Waals surface area (Å²) in [6.07, 6.45) is 0.609. The molecule has 1 unspecified atom stereocenters. The number of carbonyl (C=O) groups is 1. The molecule has 1 N–H and O–H groups in total. The number of carbonyl (C=O) groups excluding carboxylic acids is 1. The molecule has 0 saturated carbocycles. The third kappa shape index (κ3) is 6.46. The molecule has 1 aliphatic heterocycles. The molecule has 134 valence electrons. The number of thioether (sulfide) groups is 1. The van der Waals surface area contributed by atoms with E-state index in [1.807, 2.05) is 34.9 Å². The van der Waals surface area contributed by atoms with Crippen LogP contribution in [0.5, 0.6) is 0 Å². The van der Waals surface area contributed by atoms with Crippen LogP contribution in [0.3, 0.4) is 0 Å². The zero-order chi connectivity index (χ0) is 17.2. The molecule has 1 atom stereocenters. The van der Waals surface area contributed by atoms with E-state index in [0.717, 1.165) is 44.2 Å². The molecule has 2 rings (SSSR count). The van der Waals surface area contributed by atoms with Crippen molar-refractivity contribution in [2.45, 2.75) is 32.9 Å². The van der Waals surface area contributed by atoms with Crippen LogP contribution >= 0.6 is 11.8 Å². The molecule has 1 aromatic carbocycles. The Hall–Kier alpha value is -1.04. The number of rotatable bonds is 9. The lowest BCUT2D eigenvalue weighted by atomic mass is 10.1. The molecule has 24 heavy (non-hydrogen) atoms. The van der Waals surface area contributed by atoms with Crippen molar-refractivity contribution < 1.29 is 4.79 Å². The molecule has 1 amide bonds. The Labute approximate surface area is 151 Å². The van der Waals surface area contributed by atoms with Gasteiger partial charge in [-0.1, -0.05) is 44.2 Å². The fourth-order valence-corrected chi connectivity index (χ4v) is 3.94. The smallest absolute Gasteiger partial charge is 0.224 e. The van der Waals surface area contributed by atoms with Gasteiger partial charge in [0, 0.05) is 50.1 Å². The lowest BCUT2D eigenvalue weighted by Crippen LogP contribution is -2.44. The van der Waals surface area contributed by atoms with Gasteiger partial charge < -0.3 is 15.1 Å². The molecule has 1 aliphatic rings. The van der Waals surface area contributed by atoms with E-state index in [1.54, 1.807) is 0 Å². The second-order valence-electron chi connectivity index (χ2n) is 6.26. The van der Waals surface area contributed by atoms with Gasteiger partial charge in [-0.2, -0.15) is 11.8 Å². The summed E-state index contributed by atoms with van der Waals surface area (Å²) < 4.78 is 0. The first kappa shape index (κ1) is 19.3. The van der Waals surface area contributed by atoms with Gasteiger partial charge in [0.05, 0.1) is 0 Å². The Kier molecular flexibility index (Phi) is 8.64. The fourth-order valence-electron chi connectivity index (χ4n) is 2.99. The number of nitrogens with zero attached hydrogens (tertiary/aromatic N) is 2. The van der Waals surface area contributed by atoms with Gasteiger partial charge in [-0.25, -0.2) is 0 Å². The minimum atomic E-state index is 0.269. The van der Waals surface area contributed by atoms with E-state index in [2.05, 4.69) is 36.2 Å². The van der Waals surface area contributed by atoms with Crippen molar-refractivity contribution in [3.63, 3.8) is 0 Å². The number of nitrogens with one attached hydrogen (secondary N) is 1. The van der Waals surface area contributed by atoms with Gasteiger partial charge in [0.15, 0.2) is 0 Å². The van der Waals surface area contributed by atoms with Crippen molar-refractivity contribution in [3.05, 3.63) is 35.9 Å². The van der Waals surface area contributed by atoms with Gasteiger partial charge in [0.2, 0.25) is 5.91 Å². The normalized spacial score (nSPS) is 17.9. The second-order valence-corrected chi connectivity index (χ2v) is 7.41. The molecule has 0 radical (unpaired) electrons. The summed E-state index contributed by atoms with van der Waals surface area (Å²) in [5, 5.41) is 3.48. The predicted octanol–water partition coefficient (Wildman–Crippen LogP) is 2.45. The highest BCUT2D eigenvalue weighted by Gasteiger charge is 2.21. The lowest BCUT2D eigenvalue weighted by molar-refractivity contribution is -0.132. The van der Waals surface area contributed by atoms with Crippen molar-refractivity contribution in [1.29, 1.82) is 0 Å². The maximum Gasteiger partial charge on any atom is 0.224 e. The number of amides is 1. The Balaban J connectivity index is 1.95. The molecule has 1 saturated heterocycles. The average Bonchev–Trinajstić information content (AvgIpc) is 2.63. The van der Waals surface area contributed by atoms with E-state index in [4.69, 9.17) is 0 Å². The van der Waals surface area contributed by atoms with Crippen LogP contribution in [0, 0.1) is 0 Å². The zero-order valence-electron chi connectivity index (χ0n) is 15.0. The standard InChI is InChI=1S/C19H31N3OS/c1-3-21(4-2)11-12-22(15-17-8-6-5-7-9-17)19(23)14-18-16-24-13-10-20-18/h5-9,18,20H,3-4,10-16H2,1-2H3.